The van der Waals surface area contributed by atoms with Gasteiger partial charge in [0, 0.05) is 17.1 Å². The van der Waals surface area contributed by atoms with Crippen LogP contribution in [0.3, 0.4) is 0 Å². The number of aliphatic hydroxyl groups is 1. The maximum atomic E-state index is 9.50. The maximum Gasteiger partial charge on any atom is 0.0462 e. The molecule has 0 radical (unpaired) electrons. The van der Waals surface area contributed by atoms with Crippen molar-refractivity contribution in [2.75, 3.05) is 13.2 Å². The molecule has 0 amide bonds. The molecule has 1 aromatic rings. The van der Waals surface area contributed by atoms with Crippen molar-refractivity contribution in [2.45, 2.75) is 45.1 Å². The SMILES string of the molecule is CCC(NCC1CCCCC1CO)c1ccc(Br)cc1. The van der Waals surface area contributed by atoms with Gasteiger partial charge >= 0.3 is 0 Å². The third-order valence-corrected chi connectivity index (χ3v) is 5.14. The Labute approximate surface area is 131 Å². The average molecular weight is 340 g/mol. The van der Waals surface area contributed by atoms with Crippen molar-refractivity contribution in [3.63, 3.8) is 0 Å². The highest BCUT2D eigenvalue weighted by atomic mass is 79.9. The molecule has 0 aromatic heterocycles. The van der Waals surface area contributed by atoms with Crippen LogP contribution in [0, 0.1) is 11.8 Å². The second-order valence-corrected chi connectivity index (χ2v) is 6.82. The molecule has 0 aliphatic heterocycles. The van der Waals surface area contributed by atoms with Gasteiger partial charge in [-0.25, -0.2) is 0 Å². The summed E-state index contributed by atoms with van der Waals surface area (Å²) in [7, 11) is 0. The summed E-state index contributed by atoms with van der Waals surface area (Å²) in [5, 5.41) is 13.2. The first-order valence-electron chi connectivity index (χ1n) is 7.84. The topological polar surface area (TPSA) is 32.3 Å². The van der Waals surface area contributed by atoms with Crippen molar-refractivity contribution in [3.05, 3.63) is 34.3 Å². The Morgan fingerprint density at radius 1 is 1.20 bits per heavy atom. The van der Waals surface area contributed by atoms with Crippen molar-refractivity contribution in [1.29, 1.82) is 0 Å². The molecule has 3 unspecified atom stereocenters. The van der Waals surface area contributed by atoms with Gasteiger partial charge in [0.15, 0.2) is 0 Å². The fourth-order valence-electron chi connectivity index (χ4n) is 3.28. The molecule has 2 nitrogen and oxygen atoms in total. The number of hydrogen-bond donors (Lipinski definition) is 2. The van der Waals surface area contributed by atoms with E-state index >= 15 is 0 Å². The lowest BCUT2D eigenvalue weighted by molar-refractivity contribution is 0.131. The van der Waals surface area contributed by atoms with Crippen LogP contribution in [0.1, 0.15) is 50.6 Å². The van der Waals surface area contributed by atoms with E-state index in [9.17, 15) is 5.11 Å². The molecule has 2 rings (SSSR count). The molecule has 3 atom stereocenters. The summed E-state index contributed by atoms with van der Waals surface area (Å²) in [6.07, 6.45) is 6.15. The Balaban J connectivity index is 1.91. The summed E-state index contributed by atoms with van der Waals surface area (Å²) in [4.78, 5) is 0. The molecule has 1 fully saturated rings. The fraction of sp³-hybridized carbons (Fsp3) is 0.647. The summed E-state index contributed by atoms with van der Waals surface area (Å²) in [5.74, 6) is 1.14. The molecule has 1 aromatic carbocycles. The van der Waals surface area contributed by atoms with Gasteiger partial charge in [0.2, 0.25) is 0 Å². The van der Waals surface area contributed by atoms with Gasteiger partial charge in [-0.3, -0.25) is 0 Å². The van der Waals surface area contributed by atoms with E-state index in [0.29, 0.717) is 24.5 Å². The van der Waals surface area contributed by atoms with Crippen LogP contribution in [0.15, 0.2) is 28.7 Å². The second-order valence-electron chi connectivity index (χ2n) is 5.91. The lowest BCUT2D eigenvalue weighted by Gasteiger charge is -2.32. The smallest absolute Gasteiger partial charge is 0.0462 e. The van der Waals surface area contributed by atoms with Crippen molar-refractivity contribution in [2.24, 2.45) is 11.8 Å². The largest absolute Gasteiger partial charge is 0.396 e. The lowest BCUT2D eigenvalue weighted by Crippen LogP contribution is -2.34. The van der Waals surface area contributed by atoms with Crippen LogP contribution >= 0.6 is 15.9 Å². The molecule has 112 valence electrons. The molecule has 0 heterocycles. The van der Waals surface area contributed by atoms with Crippen molar-refractivity contribution < 1.29 is 5.11 Å². The highest BCUT2D eigenvalue weighted by molar-refractivity contribution is 9.10. The Kier molecular flexibility index (Phi) is 6.53. The van der Waals surface area contributed by atoms with E-state index < -0.39 is 0 Å². The van der Waals surface area contributed by atoms with Crippen LogP contribution in [0.4, 0.5) is 0 Å². The first-order valence-corrected chi connectivity index (χ1v) is 8.63. The Hall–Kier alpha value is -0.380. The van der Waals surface area contributed by atoms with Crippen LogP contribution in [0.25, 0.3) is 0 Å². The molecule has 1 aliphatic carbocycles. The molecular weight excluding hydrogens is 314 g/mol. The van der Waals surface area contributed by atoms with E-state index in [4.69, 9.17) is 0 Å². The maximum absolute atomic E-state index is 9.50. The van der Waals surface area contributed by atoms with Crippen molar-refractivity contribution in [1.82, 2.24) is 5.32 Å². The Bertz CT molecular complexity index is 392. The first-order chi connectivity index (χ1) is 9.74. The number of aliphatic hydroxyl groups excluding tert-OH is 1. The summed E-state index contributed by atoms with van der Waals surface area (Å²) < 4.78 is 1.13. The number of nitrogens with one attached hydrogen (secondary N) is 1. The minimum Gasteiger partial charge on any atom is -0.396 e. The van der Waals surface area contributed by atoms with E-state index in [1.807, 2.05) is 0 Å². The van der Waals surface area contributed by atoms with Crippen LogP contribution in [0.5, 0.6) is 0 Å². The van der Waals surface area contributed by atoms with Crippen LogP contribution in [-0.2, 0) is 0 Å². The molecule has 0 bridgehead atoms. The predicted octanol–water partition coefficient (Wildman–Crippen LogP) is 4.29. The normalized spacial score (nSPS) is 24.6. The van der Waals surface area contributed by atoms with Crippen molar-refractivity contribution >= 4 is 15.9 Å². The van der Waals surface area contributed by atoms with Gasteiger partial charge in [-0.05, 0) is 55.3 Å². The van der Waals surface area contributed by atoms with Crippen LogP contribution in [0.2, 0.25) is 0 Å². The molecule has 20 heavy (non-hydrogen) atoms. The number of halogens is 1. The molecule has 1 saturated carbocycles. The van der Waals surface area contributed by atoms with Gasteiger partial charge in [0.05, 0.1) is 0 Å². The molecular formula is C17H26BrNO. The Morgan fingerprint density at radius 2 is 1.85 bits per heavy atom. The van der Waals surface area contributed by atoms with Gasteiger partial charge in [-0.2, -0.15) is 0 Å². The van der Waals surface area contributed by atoms with E-state index in [1.165, 1.54) is 31.2 Å². The van der Waals surface area contributed by atoms with Crippen LogP contribution < -0.4 is 5.32 Å². The predicted molar refractivity (Wildman–Crippen MR) is 87.7 cm³/mol. The third kappa shape index (κ3) is 4.31. The minimum absolute atomic E-state index is 0.349. The van der Waals surface area contributed by atoms with Gasteiger partial charge in [0.25, 0.3) is 0 Å². The summed E-state index contributed by atoms with van der Waals surface area (Å²) in [6, 6.07) is 9.02. The standard InChI is InChI=1S/C17H26BrNO/c1-2-17(13-7-9-16(18)10-8-13)19-11-14-5-3-4-6-15(14)12-20/h7-10,14-15,17,19-20H,2-6,11-12H2,1H3. The second kappa shape index (κ2) is 8.16. The van der Waals surface area contributed by atoms with Gasteiger partial charge in [-0.1, -0.05) is 47.8 Å². The average Bonchev–Trinajstić information content (AvgIpc) is 2.50. The molecule has 0 spiro atoms. The third-order valence-electron chi connectivity index (χ3n) is 4.61. The Morgan fingerprint density at radius 3 is 2.45 bits per heavy atom. The van der Waals surface area contributed by atoms with E-state index in [0.717, 1.165) is 17.4 Å². The first kappa shape index (κ1) is 16.0. The van der Waals surface area contributed by atoms with E-state index in [-0.39, 0.29) is 0 Å². The van der Waals surface area contributed by atoms with E-state index in [2.05, 4.69) is 52.4 Å². The van der Waals surface area contributed by atoms with E-state index in [1.54, 1.807) is 0 Å². The molecule has 3 heteroatoms. The quantitative estimate of drug-likeness (QED) is 0.810. The molecule has 1 aliphatic rings. The lowest BCUT2D eigenvalue weighted by atomic mass is 9.79. The van der Waals surface area contributed by atoms with Gasteiger partial charge in [-0.15, -0.1) is 0 Å². The highest BCUT2D eigenvalue weighted by Crippen LogP contribution is 2.30. The monoisotopic (exact) mass is 339 g/mol. The fourth-order valence-corrected chi connectivity index (χ4v) is 3.54. The summed E-state index contributed by atoms with van der Waals surface area (Å²) in [6.45, 7) is 3.60. The number of benzene rings is 1. The van der Waals surface area contributed by atoms with Gasteiger partial charge < -0.3 is 10.4 Å². The molecule has 2 N–H and O–H groups in total. The highest BCUT2D eigenvalue weighted by Gasteiger charge is 2.24. The zero-order valence-corrected chi connectivity index (χ0v) is 13.9. The van der Waals surface area contributed by atoms with Crippen LogP contribution in [-0.4, -0.2) is 18.3 Å². The number of hydrogen-bond acceptors (Lipinski definition) is 2. The zero-order valence-electron chi connectivity index (χ0n) is 12.3. The van der Waals surface area contributed by atoms with Crippen molar-refractivity contribution in [3.8, 4) is 0 Å². The minimum atomic E-state index is 0.349. The van der Waals surface area contributed by atoms with Gasteiger partial charge in [0.1, 0.15) is 0 Å². The number of rotatable bonds is 6. The zero-order chi connectivity index (χ0) is 14.4. The molecule has 0 saturated heterocycles. The summed E-state index contributed by atoms with van der Waals surface area (Å²) >= 11 is 3.49. The summed E-state index contributed by atoms with van der Waals surface area (Å²) in [5.41, 5.74) is 1.35.